The predicted molar refractivity (Wildman–Crippen MR) is 73.6 cm³/mol. The second-order valence-corrected chi connectivity index (χ2v) is 6.79. The lowest BCUT2D eigenvalue weighted by Gasteiger charge is -2.19. The molecule has 0 aliphatic heterocycles. The van der Waals surface area contributed by atoms with Gasteiger partial charge in [-0.2, -0.15) is 4.31 Å². The predicted octanol–water partition coefficient (Wildman–Crippen LogP) is 2.42. The van der Waals surface area contributed by atoms with Gasteiger partial charge in [0.05, 0.1) is 4.90 Å². The third-order valence-electron chi connectivity index (χ3n) is 3.39. The van der Waals surface area contributed by atoms with Crippen molar-refractivity contribution in [2.45, 2.75) is 31.1 Å². The molecule has 1 aromatic carbocycles. The molecular formula is C13H18ClNO2S. The summed E-state index contributed by atoms with van der Waals surface area (Å²) >= 11 is 5.66. The summed E-state index contributed by atoms with van der Waals surface area (Å²) in [5.41, 5.74) is 2.47. The van der Waals surface area contributed by atoms with Gasteiger partial charge in [0.2, 0.25) is 10.0 Å². The molecule has 0 saturated heterocycles. The third-order valence-corrected chi connectivity index (χ3v) is 5.53. The number of nitrogens with zero attached hydrogens (tertiary/aromatic N) is 1. The molecule has 0 heterocycles. The molecule has 100 valence electrons. The number of halogens is 1. The van der Waals surface area contributed by atoms with E-state index >= 15 is 0 Å². The zero-order valence-corrected chi connectivity index (χ0v) is 12.1. The van der Waals surface area contributed by atoms with Crippen molar-refractivity contribution < 1.29 is 8.42 Å². The minimum Gasteiger partial charge on any atom is -0.207 e. The van der Waals surface area contributed by atoms with Gasteiger partial charge in [-0.3, -0.25) is 0 Å². The number of alkyl halides is 1. The van der Waals surface area contributed by atoms with Crippen LogP contribution in [0.2, 0.25) is 0 Å². The lowest BCUT2D eigenvalue weighted by molar-refractivity contribution is 0.447. The Kier molecular flexibility index (Phi) is 4.30. The number of benzene rings is 1. The molecule has 1 aromatic rings. The summed E-state index contributed by atoms with van der Waals surface area (Å²) in [7, 11) is -3.39. The first-order chi connectivity index (χ1) is 8.59. The number of hydrogen-bond donors (Lipinski definition) is 0. The molecule has 0 saturated carbocycles. The van der Waals surface area contributed by atoms with Crippen molar-refractivity contribution in [2.75, 3.05) is 19.0 Å². The molecule has 0 spiro atoms. The van der Waals surface area contributed by atoms with Crippen LogP contribution in [-0.2, 0) is 22.9 Å². The summed E-state index contributed by atoms with van der Waals surface area (Å²) in [5.74, 6) is 0.317. The number of fused-ring (bicyclic) bond motifs is 1. The summed E-state index contributed by atoms with van der Waals surface area (Å²) < 4.78 is 26.3. The van der Waals surface area contributed by atoms with Crippen molar-refractivity contribution in [1.82, 2.24) is 4.31 Å². The summed E-state index contributed by atoms with van der Waals surface area (Å²) in [6, 6.07) is 5.49. The van der Waals surface area contributed by atoms with Crippen LogP contribution in [0.3, 0.4) is 0 Å². The zero-order chi connectivity index (χ0) is 13.2. The van der Waals surface area contributed by atoms with Gasteiger partial charge in [-0.05, 0) is 42.5 Å². The first-order valence-corrected chi connectivity index (χ1v) is 8.25. The Bertz CT molecular complexity index is 528. The normalized spacial score (nSPS) is 15.1. The van der Waals surface area contributed by atoms with Crippen LogP contribution < -0.4 is 0 Å². The maximum atomic E-state index is 12.4. The van der Waals surface area contributed by atoms with E-state index in [1.54, 1.807) is 6.07 Å². The SMILES string of the molecule is CCN(CCCl)S(=O)(=O)c1ccc2c(c1)CCC2. The Morgan fingerprint density at radius 3 is 2.67 bits per heavy atom. The van der Waals surface area contributed by atoms with Crippen LogP contribution in [0.5, 0.6) is 0 Å². The Labute approximate surface area is 114 Å². The van der Waals surface area contributed by atoms with Gasteiger partial charge >= 0.3 is 0 Å². The molecule has 0 bridgehead atoms. The van der Waals surface area contributed by atoms with Gasteiger partial charge in [0.15, 0.2) is 0 Å². The van der Waals surface area contributed by atoms with Crippen molar-refractivity contribution in [3.8, 4) is 0 Å². The monoisotopic (exact) mass is 287 g/mol. The highest BCUT2D eigenvalue weighted by Crippen LogP contribution is 2.26. The highest BCUT2D eigenvalue weighted by molar-refractivity contribution is 7.89. The van der Waals surface area contributed by atoms with E-state index in [-0.39, 0.29) is 0 Å². The van der Waals surface area contributed by atoms with Crippen molar-refractivity contribution in [3.63, 3.8) is 0 Å². The van der Waals surface area contributed by atoms with Crippen molar-refractivity contribution >= 4 is 21.6 Å². The second-order valence-electron chi connectivity index (χ2n) is 4.47. The maximum absolute atomic E-state index is 12.4. The molecule has 0 atom stereocenters. The fraction of sp³-hybridized carbons (Fsp3) is 0.538. The van der Waals surface area contributed by atoms with Gasteiger partial charge in [0, 0.05) is 19.0 Å². The Morgan fingerprint density at radius 2 is 2.00 bits per heavy atom. The van der Waals surface area contributed by atoms with Gasteiger partial charge in [-0.15, -0.1) is 11.6 Å². The van der Waals surface area contributed by atoms with Crippen LogP contribution in [0.15, 0.2) is 23.1 Å². The molecule has 1 aliphatic rings. The van der Waals surface area contributed by atoms with Crippen molar-refractivity contribution in [2.24, 2.45) is 0 Å². The van der Waals surface area contributed by atoms with Gasteiger partial charge in [0.1, 0.15) is 0 Å². The minimum absolute atomic E-state index is 0.317. The van der Waals surface area contributed by atoms with Gasteiger partial charge in [0.25, 0.3) is 0 Å². The van der Waals surface area contributed by atoms with Crippen LogP contribution in [0.1, 0.15) is 24.5 Å². The summed E-state index contributed by atoms with van der Waals surface area (Å²) in [6.45, 7) is 2.64. The quantitative estimate of drug-likeness (QED) is 0.780. The lowest BCUT2D eigenvalue weighted by atomic mass is 10.1. The van der Waals surface area contributed by atoms with Crippen molar-refractivity contribution in [1.29, 1.82) is 0 Å². The van der Waals surface area contributed by atoms with E-state index in [1.165, 1.54) is 15.4 Å². The number of aryl methyl sites for hydroxylation is 2. The zero-order valence-electron chi connectivity index (χ0n) is 10.5. The smallest absolute Gasteiger partial charge is 0.207 e. The first kappa shape index (κ1) is 13.8. The van der Waals surface area contributed by atoms with E-state index in [0.717, 1.165) is 19.3 Å². The molecule has 0 radical (unpaired) electrons. The fourth-order valence-electron chi connectivity index (χ4n) is 2.40. The molecule has 1 aliphatic carbocycles. The maximum Gasteiger partial charge on any atom is 0.243 e. The van der Waals surface area contributed by atoms with E-state index < -0.39 is 10.0 Å². The molecule has 18 heavy (non-hydrogen) atoms. The standard InChI is InChI=1S/C13H18ClNO2S/c1-2-15(9-8-14)18(16,17)13-7-6-11-4-3-5-12(11)10-13/h6-7,10H,2-5,8-9H2,1H3. The Morgan fingerprint density at radius 1 is 1.28 bits per heavy atom. The van der Waals surface area contributed by atoms with E-state index in [2.05, 4.69) is 0 Å². The molecular weight excluding hydrogens is 270 g/mol. The van der Waals surface area contributed by atoms with E-state index in [9.17, 15) is 8.42 Å². The highest BCUT2D eigenvalue weighted by atomic mass is 35.5. The van der Waals surface area contributed by atoms with Crippen molar-refractivity contribution in [3.05, 3.63) is 29.3 Å². The molecule has 0 unspecified atom stereocenters. The molecule has 2 rings (SSSR count). The summed E-state index contributed by atoms with van der Waals surface area (Å²) in [5, 5.41) is 0. The molecule has 0 fully saturated rings. The Balaban J connectivity index is 2.35. The first-order valence-electron chi connectivity index (χ1n) is 6.27. The van der Waals surface area contributed by atoms with Crippen LogP contribution >= 0.6 is 11.6 Å². The number of rotatable bonds is 5. The largest absolute Gasteiger partial charge is 0.243 e. The topological polar surface area (TPSA) is 37.4 Å². The number of hydrogen-bond acceptors (Lipinski definition) is 2. The average Bonchev–Trinajstić information content (AvgIpc) is 2.82. The summed E-state index contributed by atoms with van der Waals surface area (Å²) in [4.78, 5) is 0.398. The molecule has 5 heteroatoms. The highest BCUT2D eigenvalue weighted by Gasteiger charge is 2.24. The van der Waals surface area contributed by atoms with Gasteiger partial charge in [-0.25, -0.2) is 8.42 Å². The van der Waals surface area contributed by atoms with Crippen LogP contribution in [0.4, 0.5) is 0 Å². The van der Waals surface area contributed by atoms with E-state index in [0.29, 0.717) is 23.9 Å². The second kappa shape index (κ2) is 5.59. The summed E-state index contributed by atoms with van der Waals surface area (Å²) in [6.07, 6.45) is 3.17. The third kappa shape index (κ3) is 2.56. The molecule has 0 aromatic heterocycles. The Hall–Kier alpha value is -0.580. The van der Waals surface area contributed by atoms with Gasteiger partial charge in [-0.1, -0.05) is 13.0 Å². The molecule has 3 nitrogen and oxygen atoms in total. The average molecular weight is 288 g/mol. The van der Waals surface area contributed by atoms with Gasteiger partial charge < -0.3 is 0 Å². The number of sulfonamides is 1. The fourth-order valence-corrected chi connectivity index (χ4v) is 4.21. The molecule has 0 N–H and O–H groups in total. The minimum atomic E-state index is -3.39. The van der Waals surface area contributed by atoms with E-state index in [4.69, 9.17) is 11.6 Å². The lowest BCUT2D eigenvalue weighted by Crippen LogP contribution is -2.32. The molecule has 0 amide bonds. The van der Waals surface area contributed by atoms with Crippen LogP contribution in [0, 0.1) is 0 Å². The van der Waals surface area contributed by atoms with Crippen LogP contribution in [0.25, 0.3) is 0 Å². The van der Waals surface area contributed by atoms with E-state index in [1.807, 2.05) is 19.1 Å². The van der Waals surface area contributed by atoms with Crippen LogP contribution in [-0.4, -0.2) is 31.7 Å².